The Bertz CT molecular complexity index is 517. The summed E-state index contributed by atoms with van der Waals surface area (Å²) in [7, 11) is 1.85. The first kappa shape index (κ1) is 11.8. The Hall–Kier alpha value is -1.68. The van der Waals surface area contributed by atoms with Crippen LogP contribution < -0.4 is 5.73 Å². The van der Waals surface area contributed by atoms with Crippen LogP contribution in [-0.2, 0) is 13.5 Å². The van der Waals surface area contributed by atoms with E-state index < -0.39 is 0 Å². The van der Waals surface area contributed by atoms with E-state index in [9.17, 15) is 4.39 Å². The first-order valence-corrected chi connectivity index (χ1v) is 5.60. The molecule has 0 aliphatic rings. The Balaban J connectivity index is 2.44. The van der Waals surface area contributed by atoms with Gasteiger partial charge in [-0.1, -0.05) is 12.1 Å². The molecular formula is C13H16FN3. The summed E-state index contributed by atoms with van der Waals surface area (Å²) in [5, 5.41) is 4.37. The van der Waals surface area contributed by atoms with Gasteiger partial charge in [-0.3, -0.25) is 4.68 Å². The summed E-state index contributed by atoms with van der Waals surface area (Å²) >= 11 is 0. The third-order valence-electron chi connectivity index (χ3n) is 2.56. The number of halogens is 1. The van der Waals surface area contributed by atoms with Crippen LogP contribution in [0.3, 0.4) is 0 Å². The minimum Gasteiger partial charge on any atom is -0.328 e. The van der Waals surface area contributed by atoms with Gasteiger partial charge < -0.3 is 5.73 Å². The molecule has 2 rings (SSSR count). The third-order valence-corrected chi connectivity index (χ3v) is 2.56. The monoisotopic (exact) mass is 233 g/mol. The fourth-order valence-corrected chi connectivity index (χ4v) is 1.89. The van der Waals surface area contributed by atoms with Gasteiger partial charge in [-0.15, -0.1) is 0 Å². The largest absolute Gasteiger partial charge is 0.328 e. The lowest BCUT2D eigenvalue weighted by Gasteiger charge is -2.05. The first-order valence-electron chi connectivity index (χ1n) is 5.60. The molecule has 2 N–H and O–H groups in total. The normalized spacial score (nSPS) is 12.7. The number of aryl methyl sites for hydroxylation is 1. The maximum absolute atomic E-state index is 13.2. The van der Waals surface area contributed by atoms with Crippen molar-refractivity contribution < 1.29 is 4.39 Å². The molecule has 0 aliphatic heterocycles. The van der Waals surface area contributed by atoms with Gasteiger partial charge in [-0.05, 0) is 24.6 Å². The molecule has 1 aromatic carbocycles. The Morgan fingerprint density at radius 2 is 2.24 bits per heavy atom. The number of nitrogens with two attached hydrogens (primary N) is 1. The molecule has 0 saturated carbocycles. The summed E-state index contributed by atoms with van der Waals surface area (Å²) in [5.41, 5.74) is 8.49. The molecule has 1 aromatic heterocycles. The molecule has 4 heteroatoms. The minimum atomic E-state index is -0.238. The molecule has 1 unspecified atom stereocenters. The van der Waals surface area contributed by atoms with Gasteiger partial charge in [0.25, 0.3) is 0 Å². The summed E-state index contributed by atoms with van der Waals surface area (Å²) in [6.07, 6.45) is 2.58. The average molecular weight is 233 g/mol. The SMILES string of the molecule is CC(N)Cc1nn(C)cc1-c1cccc(F)c1. The predicted octanol–water partition coefficient (Wildman–Crippen LogP) is 2.12. The van der Waals surface area contributed by atoms with E-state index in [-0.39, 0.29) is 11.9 Å². The zero-order valence-corrected chi connectivity index (χ0v) is 10.0. The van der Waals surface area contributed by atoms with E-state index in [1.165, 1.54) is 12.1 Å². The number of hydrogen-bond donors (Lipinski definition) is 1. The quantitative estimate of drug-likeness (QED) is 0.882. The van der Waals surface area contributed by atoms with Gasteiger partial charge in [0.15, 0.2) is 0 Å². The first-order chi connectivity index (χ1) is 8.06. The van der Waals surface area contributed by atoms with E-state index >= 15 is 0 Å². The van der Waals surface area contributed by atoms with E-state index in [0.717, 1.165) is 16.8 Å². The molecule has 0 bridgehead atoms. The number of rotatable bonds is 3. The molecule has 17 heavy (non-hydrogen) atoms. The summed E-state index contributed by atoms with van der Waals surface area (Å²) in [6.45, 7) is 1.93. The second-order valence-corrected chi connectivity index (χ2v) is 4.35. The second kappa shape index (κ2) is 4.67. The van der Waals surface area contributed by atoms with Crippen LogP contribution in [0.1, 0.15) is 12.6 Å². The maximum Gasteiger partial charge on any atom is 0.123 e. The van der Waals surface area contributed by atoms with Gasteiger partial charge in [-0.25, -0.2) is 4.39 Å². The Labute approximate surface area is 100 Å². The fourth-order valence-electron chi connectivity index (χ4n) is 1.89. The molecule has 0 saturated heterocycles. The molecule has 0 fully saturated rings. The molecule has 90 valence electrons. The van der Waals surface area contributed by atoms with Gasteiger partial charge >= 0.3 is 0 Å². The fraction of sp³-hybridized carbons (Fsp3) is 0.308. The zero-order chi connectivity index (χ0) is 12.4. The van der Waals surface area contributed by atoms with Gasteiger partial charge in [0, 0.05) is 31.3 Å². The molecule has 0 amide bonds. The van der Waals surface area contributed by atoms with Gasteiger partial charge in [0.1, 0.15) is 5.82 Å². The van der Waals surface area contributed by atoms with E-state index in [2.05, 4.69) is 5.10 Å². The van der Waals surface area contributed by atoms with Crippen LogP contribution in [0.25, 0.3) is 11.1 Å². The van der Waals surface area contributed by atoms with Crippen LogP contribution >= 0.6 is 0 Å². The van der Waals surface area contributed by atoms with E-state index in [0.29, 0.717) is 6.42 Å². The Kier molecular flexibility index (Phi) is 3.24. The van der Waals surface area contributed by atoms with Crippen LogP contribution in [0.5, 0.6) is 0 Å². The number of aromatic nitrogens is 2. The van der Waals surface area contributed by atoms with Crippen molar-refractivity contribution in [1.82, 2.24) is 9.78 Å². The highest BCUT2D eigenvalue weighted by Gasteiger charge is 2.11. The molecule has 1 atom stereocenters. The lowest BCUT2D eigenvalue weighted by Crippen LogP contribution is -2.18. The molecule has 0 aliphatic carbocycles. The van der Waals surface area contributed by atoms with Crippen molar-refractivity contribution in [1.29, 1.82) is 0 Å². The lowest BCUT2D eigenvalue weighted by molar-refractivity contribution is 0.628. The molecule has 0 spiro atoms. The zero-order valence-electron chi connectivity index (χ0n) is 10.0. The summed E-state index contributed by atoms with van der Waals surface area (Å²) in [6, 6.07) is 6.57. The standard InChI is InChI=1S/C13H16FN3/c1-9(15)6-13-12(8-17(2)16-13)10-4-3-5-11(14)7-10/h3-5,7-9H,6,15H2,1-2H3. The van der Waals surface area contributed by atoms with E-state index in [4.69, 9.17) is 5.73 Å². The van der Waals surface area contributed by atoms with Crippen molar-refractivity contribution in [3.05, 3.63) is 42.0 Å². The van der Waals surface area contributed by atoms with Crippen LogP contribution in [0, 0.1) is 5.82 Å². The highest BCUT2D eigenvalue weighted by molar-refractivity contribution is 5.65. The minimum absolute atomic E-state index is 0.0391. The number of nitrogens with zero attached hydrogens (tertiary/aromatic N) is 2. The van der Waals surface area contributed by atoms with Gasteiger partial charge in [0.2, 0.25) is 0 Å². The molecule has 1 heterocycles. The van der Waals surface area contributed by atoms with Crippen LogP contribution in [0.4, 0.5) is 4.39 Å². The van der Waals surface area contributed by atoms with Crippen molar-refractivity contribution in [2.24, 2.45) is 12.8 Å². The smallest absolute Gasteiger partial charge is 0.123 e. The van der Waals surface area contributed by atoms with Crippen molar-refractivity contribution in [2.45, 2.75) is 19.4 Å². The highest BCUT2D eigenvalue weighted by Crippen LogP contribution is 2.24. The predicted molar refractivity (Wildman–Crippen MR) is 66.0 cm³/mol. The molecule has 0 radical (unpaired) electrons. The van der Waals surface area contributed by atoms with E-state index in [1.807, 2.05) is 26.2 Å². The third kappa shape index (κ3) is 2.71. The average Bonchev–Trinajstić information content (AvgIpc) is 2.58. The van der Waals surface area contributed by atoms with Crippen LogP contribution in [0.15, 0.2) is 30.5 Å². The number of benzene rings is 1. The van der Waals surface area contributed by atoms with Crippen molar-refractivity contribution in [3.63, 3.8) is 0 Å². The number of hydrogen-bond acceptors (Lipinski definition) is 2. The van der Waals surface area contributed by atoms with E-state index in [1.54, 1.807) is 10.7 Å². The van der Waals surface area contributed by atoms with Gasteiger partial charge in [-0.2, -0.15) is 5.10 Å². The Morgan fingerprint density at radius 1 is 1.47 bits per heavy atom. The Morgan fingerprint density at radius 3 is 2.88 bits per heavy atom. The van der Waals surface area contributed by atoms with Crippen LogP contribution in [0.2, 0.25) is 0 Å². The topological polar surface area (TPSA) is 43.8 Å². The summed E-state index contributed by atoms with van der Waals surface area (Å²) in [5.74, 6) is -0.238. The van der Waals surface area contributed by atoms with Crippen molar-refractivity contribution in [2.75, 3.05) is 0 Å². The van der Waals surface area contributed by atoms with Crippen LogP contribution in [-0.4, -0.2) is 15.8 Å². The molecule has 3 nitrogen and oxygen atoms in total. The summed E-state index contributed by atoms with van der Waals surface area (Å²) in [4.78, 5) is 0. The van der Waals surface area contributed by atoms with Crippen molar-refractivity contribution in [3.8, 4) is 11.1 Å². The second-order valence-electron chi connectivity index (χ2n) is 4.35. The summed E-state index contributed by atoms with van der Waals surface area (Å²) < 4.78 is 14.9. The molecule has 2 aromatic rings. The van der Waals surface area contributed by atoms with Crippen molar-refractivity contribution >= 4 is 0 Å². The molecular weight excluding hydrogens is 217 g/mol. The maximum atomic E-state index is 13.2. The van der Waals surface area contributed by atoms with Gasteiger partial charge in [0.05, 0.1) is 5.69 Å². The highest BCUT2D eigenvalue weighted by atomic mass is 19.1. The lowest BCUT2D eigenvalue weighted by atomic mass is 10.0.